The van der Waals surface area contributed by atoms with Crippen LogP contribution in [0.1, 0.15) is 19.8 Å². The van der Waals surface area contributed by atoms with Crippen LogP contribution in [0.25, 0.3) is 10.9 Å². The van der Waals surface area contributed by atoms with Crippen LogP contribution in [-0.2, 0) is 0 Å². The van der Waals surface area contributed by atoms with Gasteiger partial charge in [0.15, 0.2) is 0 Å². The van der Waals surface area contributed by atoms with Gasteiger partial charge in [0, 0.05) is 23.7 Å². The van der Waals surface area contributed by atoms with Crippen LogP contribution in [0.5, 0.6) is 5.75 Å². The third-order valence-corrected chi connectivity index (χ3v) is 3.47. The molecule has 3 heteroatoms. The van der Waals surface area contributed by atoms with Gasteiger partial charge in [-0.05, 0) is 37.6 Å². The molecule has 0 atom stereocenters. The third kappa shape index (κ3) is 2.31. The fourth-order valence-electron chi connectivity index (χ4n) is 2.43. The van der Waals surface area contributed by atoms with Crippen molar-refractivity contribution >= 4 is 10.9 Å². The van der Waals surface area contributed by atoms with E-state index in [1.807, 2.05) is 24.4 Å². The highest BCUT2D eigenvalue weighted by atomic mass is 16.5. The van der Waals surface area contributed by atoms with Gasteiger partial charge in [-0.2, -0.15) is 0 Å². The smallest absolute Gasteiger partial charge is 0.121 e. The van der Waals surface area contributed by atoms with Gasteiger partial charge in [0.25, 0.3) is 0 Å². The molecule has 2 aromatic rings. The van der Waals surface area contributed by atoms with E-state index in [2.05, 4.69) is 29.4 Å². The third-order valence-electron chi connectivity index (χ3n) is 3.47. The molecule has 1 N–H and O–H groups in total. The maximum absolute atomic E-state index is 5.95. The summed E-state index contributed by atoms with van der Waals surface area (Å²) in [7, 11) is 0. The molecule has 1 aliphatic rings. The second-order valence-electron chi connectivity index (χ2n) is 4.82. The Morgan fingerprint density at radius 3 is 3.06 bits per heavy atom. The number of benzene rings is 1. The van der Waals surface area contributed by atoms with E-state index in [1.165, 1.54) is 0 Å². The monoisotopic (exact) mass is 242 g/mol. The van der Waals surface area contributed by atoms with Gasteiger partial charge in [0.1, 0.15) is 11.9 Å². The average molecular weight is 242 g/mol. The molecule has 0 saturated heterocycles. The summed E-state index contributed by atoms with van der Waals surface area (Å²) in [5.74, 6) is 0.932. The van der Waals surface area contributed by atoms with Gasteiger partial charge in [0.2, 0.25) is 0 Å². The lowest BCUT2D eigenvalue weighted by molar-refractivity contribution is 0.0861. The van der Waals surface area contributed by atoms with Gasteiger partial charge < -0.3 is 10.1 Å². The number of fused-ring (bicyclic) bond motifs is 1. The van der Waals surface area contributed by atoms with Crippen molar-refractivity contribution in [1.29, 1.82) is 0 Å². The fraction of sp³-hybridized carbons (Fsp3) is 0.400. The Kier molecular flexibility index (Phi) is 3.15. The first kappa shape index (κ1) is 11.5. The van der Waals surface area contributed by atoms with Gasteiger partial charge in [0.05, 0.1) is 5.52 Å². The Hall–Kier alpha value is -1.61. The molecule has 0 radical (unpaired) electrons. The molecule has 1 aromatic heterocycles. The van der Waals surface area contributed by atoms with Crippen molar-refractivity contribution < 1.29 is 4.74 Å². The Labute approximate surface area is 107 Å². The van der Waals surface area contributed by atoms with Crippen molar-refractivity contribution in [1.82, 2.24) is 10.3 Å². The Morgan fingerprint density at radius 1 is 1.33 bits per heavy atom. The van der Waals surface area contributed by atoms with Gasteiger partial charge in [-0.1, -0.05) is 13.0 Å². The minimum atomic E-state index is 0.357. The molecule has 0 aliphatic heterocycles. The number of pyridine rings is 1. The Bertz CT molecular complexity index is 535. The lowest BCUT2D eigenvalue weighted by Crippen LogP contribution is -2.46. The van der Waals surface area contributed by atoms with Crippen molar-refractivity contribution in [2.24, 2.45) is 0 Å². The summed E-state index contributed by atoms with van der Waals surface area (Å²) in [5.41, 5.74) is 0.998. The number of hydrogen-bond donors (Lipinski definition) is 1. The van der Waals surface area contributed by atoms with E-state index in [-0.39, 0.29) is 0 Å². The highest BCUT2D eigenvalue weighted by molar-refractivity contribution is 5.79. The summed E-state index contributed by atoms with van der Waals surface area (Å²) in [5, 5.41) is 4.59. The van der Waals surface area contributed by atoms with E-state index in [1.54, 1.807) is 0 Å². The highest BCUT2D eigenvalue weighted by Gasteiger charge is 2.29. The Balaban J connectivity index is 1.65. The largest absolute Gasteiger partial charge is 0.490 e. The van der Waals surface area contributed by atoms with Crippen molar-refractivity contribution in [3.63, 3.8) is 0 Å². The molecule has 94 valence electrons. The standard InChI is InChI=1S/C15H18N2O/c1-2-16-12-8-14(9-12)18-13-6-5-11-4-3-7-17-15(11)10-13/h3-7,10,12,14,16H,2,8-9H2,1H3. The maximum Gasteiger partial charge on any atom is 0.121 e. The number of hydrogen-bond acceptors (Lipinski definition) is 3. The highest BCUT2D eigenvalue weighted by Crippen LogP contribution is 2.27. The zero-order chi connectivity index (χ0) is 12.4. The van der Waals surface area contributed by atoms with Crippen LogP contribution in [0.4, 0.5) is 0 Å². The molecule has 3 rings (SSSR count). The topological polar surface area (TPSA) is 34.1 Å². The van der Waals surface area contributed by atoms with Gasteiger partial charge >= 0.3 is 0 Å². The molecule has 0 bridgehead atoms. The molecule has 3 nitrogen and oxygen atoms in total. The molecule has 1 heterocycles. The van der Waals surface area contributed by atoms with E-state index < -0.39 is 0 Å². The van der Waals surface area contributed by atoms with Crippen LogP contribution in [-0.4, -0.2) is 23.7 Å². The number of ether oxygens (including phenoxy) is 1. The van der Waals surface area contributed by atoms with E-state index in [0.717, 1.165) is 36.0 Å². The molecule has 0 amide bonds. The predicted octanol–water partition coefficient (Wildman–Crippen LogP) is 2.75. The first-order chi connectivity index (χ1) is 8.85. The number of aromatic nitrogens is 1. The molecule has 1 aliphatic carbocycles. The van der Waals surface area contributed by atoms with Crippen LogP contribution in [0.2, 0.25) is 0 Å². The van der Waals surface area contributed by atoms with Crippen molar-refractivity contribution in [3.05, 3.63) is 36.5 Å². The average Bonchev–Trinajstić information content (AvgIpc) is 2.36. The summed E-state index contributed by atoms with van der Waals surface area (Å²) in [4.78, 5) is 4.35. The first-order valence-corrected chi connectivity index (χ1v) is 6.60. The van der Waals surface area contributed by atoms with E-state index in [0.29, 0.717) is 12.1 Å². The lowest BCUT2D eigenvalue weighted by atomic mass is 9.89. The molecule has 18 heavy (non-hydrogen) atoms. The Morgan fingerprint density at radius 2 is 2.22 bits per heavy atom. The second-order valence-corrected chi connectivity index (χ2v) is 4.82. The van der Waals surface area contributed by atoms with Crippen LogP contribution in [0, 0.1) is 0 Å². The maximum atomic E-state index is 5.95. The molecule has 0 unspecified atom stereocenters. The zero-order valence-corrected chi connectivity index (χ0v) is 10.6. The van der Waals surface area contributed by atoms with E-state index >= 15 is 0 Å². The molecule has 1 fully saturated rings. The summed E-state index contributed by atoms with van der Waals surface area (Å²) >= 11 is 0. The van der Waals surface area contributed by atoms with Crippen molar-refractivity contribution in [2.75, 3.05) is 6.54 Å². The normalized spacial score (nSPS) is 22.7. The molecular formula is C15H18N2O. The molecule has 1 saturated carbocycles. The first-order valence-electron chi connectivity index (χ1n) is 6.60. The quantitative estimate of drug-likeness (QED) is 0.895. The van der Waals surface area contributed by atoms with Crippen molar-refractivity contribution in [3.8, 4) is 5.75 Å². The lowest BCUT2D eigenvalue weighted by Gasteiger charge is -2.35. The molecular weight excluding hydrogens is 224 g/mol. The van der Waals surface area contributed by atoms with Crippen molar-refractivity contribution in [2.45, 2.75) is 31.9 Å². The summed E-state index contributed by atoms with van der Waals surface area (Å²) in [6.45, 7) is 3.18. The summed E-state index contributed by atoms with van der Waals surface area (Å²) < 4.78 is 5.95. The fourth-order valence-corrected chi connectivity index (χ4v) is 2.43. The number of nitrogens with zero attached hydrogens (tertiary/aromatic N) is 1. The van der Waals surface area contributed by atoms with Crippen LogP contribution in [0.3, 0.4) is 0 Å². The van der Waals surface area contributed by atoms with Crippen LogP contribution >= 0.6 is 0 Å². The molecule has 1 aromatic carbocycles. The summed E-state index contributed by atoms with van der Waals surface area (Å²) in [6.07, 6.45) is 4.38. The van der Waals surface area contributed by atoms with Gasteiger partial charge in [-0.3, -0.25) is 4.98 Å². The van der Waals surface area contributed by atoms with Crippen LogP contribution in [0.15, 0.2) is 36.5 Å². The van der Waals surface area contributed by atoms with E-state index in [4.69, 9.17) is 4.74 Å². The molecule has 0 spiro atoms. The minimum absolute atomic E-state index is 0.357. The number of nitrogens with one attached hydrogen (secondary N) is 1. The number of rotatable bonds is 4. The van der Waals surface area contributed by atoms with Gasteiger partial charge in [-0.15, -0.1) is 0 Å². The predicted molar refractivity (Wildman–Crippen MR) is 72.9 cm³/mol. The summed E-state index contributed by atoms with van der Waals surface area (Å²) in [6, 6.07) is 10.8. The van der Waals surface area contributed by atoms with Crippen LogP contribution < -0.4 is 10.1 Å². The minimum Gasteiger partial charge on any atom is -0.490 e. The zero-order valence-electron chi connectivity index (χ0n) is 10.6. The second kappa shape index (κ2) is 4.94. The van der Waals surface area contributed by atoms with Gasteiger partial charge in [-0.25, -0.2) is 0 Å². The van der Waals surface area contributed by atoms with E-state index in [9.17, 15) is 0 Å². The SMILES string of the molecule is CCNC1CC(Oc2ccc3cccnc3c2)C1.